The van der Waals surface area contributed by atoms with Crippen LogP contribution in [0.25, 0.3) is 0 Å². The van der Waals surface area contributed by atoms with Crippen molar-refractivity contribution in [1.82, 2.24) is 0 Å². The first-order valence-electron chi connectivity index (χ1n) is 12.1. The summed E-state index contributed by atoms with van der Waals surface area (Å²) in [4.78, 5) is 23.0. The van der Waals surface area contributed by atoms with Gasteiger partial charge in [0.1, 0.15) is 17.8 Å². The standard InChI is InChI=1S/C25H40O5/c1-15(29-16(2)26)25(28)13-10-22-20-7-6-18-14-19(30-17(3)27)8-11-23(18,4)21(20)9-12-24(22,25)5/h15,18-22,28H,6-14H2,1-5H3/t15-,18-,19-,20-,21-,22-,23+,24+,25-/m1/s1. The van der Waals surface area contributed by atoms with E-state index in [0.29, 0.717) is 29.1 Å². The van der Waals surface area contributed by atoms with E-state index in [0.717, 1.165) is 44.9 Å². The number of carbonyl (C=O) groups is 2. The summed E-state index contributed by atoms with van der Waals surface area (Å²) in [5.41, 5.74) is -0.816. The van der Waals surface area contributed by atoms with E-state index in [2.05, 4.69) is 13.8 Å². The van der Waals surface area contributed by atoms with Gasteiger partial charge in [-0.1, -0.05) is 13.8 Å². The number of aliphatic hydroxyl groups is 1. The first-order chi connectivity index (χ1) is 14.0. The molecule has 0 amide bonds. The fourth-order valence-corrected chi connectivity index (χ4v) is 8.63. The van der Waals surface area contributed by atoms with Crippen molar-refractivity contribution >= 4 is 11.9 Å². The van der Waals surface area contributed by atoms with Crippen LogP contribution >= 0.6 is 0 Å². The van der Waals surface area contributed by atoms with Crippen LogP contribution in [0.4, 0.5) is 0 Å². The van der Waals surface area contributed by atoms with E-state index in [9.17, 15) is 14.7 Å². The number of hydrogen-bond acceptors (Lipinski definition) is 5. The van der Waals surface area contributed by atoms with Crippen molar-refractivity contribution in [3.63, 3.8) is 0 Å². The summed E-state index contributed by atoms with van der Waals surface area (Å²) in [6.07, 6.45) is 9.02. The molecule has 170 valence electrons. The zero-order chi connectivity index (χ0) is 21.9. The smallest absolute Gasteiger partial charge is 0.302 e. The molecule has 0 spiro atoms. The lowest BCUT2D eigenvalue weighted by molar-refractivity contribution is -0.201. The fourth-order valence-electron chi connectivity index (χ4n) is 8.63. The Morgan fingerprint density at radius 2 is 1.63 bits per heavy atom. The van der Waals surface area contributed by atoms with Crippen molar-refractivity contribution in [3.05, 3.63) is 0 Å². The molecule has 0 aromatic carbocycles. The third kappa shape index (κ3) is 3.22. The second-order valence-corrected chi connectivity index (χ2v) is 11.3. The Kier molecular flexibility index (Phi) is 5.52. The van der Waals surface area contributed by atoms with Crippen molar-refractivity contribution in [2.24, 2.45) is 34.5 Å². The van der Waals surface area contributed by atoms with E-state index >= 15 is 0 Å². The van der Waals surface area contributed by atoms with Gasteiger partial charge >= 0.3 is 11.9 Å². The molecule has 4 fully saturated rings. The topological polar surface area (TPSA) is 72.8 Å². The molecule has 9 atom stereocenters. The fraction of sp³-hybridized carbons (Fsp3) is 0.920. The van der Waals surface area contributed by atoms with E-state index in [1.54, 1.807) is 0 Å². The van der Waals surface area contributed by atoms with Crippen LogP contribution in [0.2, 0.25) is 0 Å². The molecule has 0 heterocycles. The average Bonchev–Trinajstić information content (AvgIpc) is 2.93. The predicted molar refractivity (Wildman–Crippen MR) is 113 cm³/mol. The van der Waals surface area contributed by atoms with Crippen molar-refractivity contribution < 1.29 is 24.2 Å². The van der Waals surface area contributed by atoms with E-state index < -0.39 is 11.7 Å². The quantitative estimate of drug-likeness (QED) is 0.673. The second kappa shape index (κ2) is 7.50. The zero-order valence-electron chi connectivity index (χ0n) is 19.4. The van der Waals surface area contributed by atoms with Crippen LogP contribution in [0.15, 0.2) is 0 Å². The van der Waals surface area contributed by atoms with Gasteiger partial charge in [-0.25, -0.2) is 0 Å². The Labute approximate surface area is 181 Å². The highest BCUT2D eigenvalue weighted by atomic mass is 16.6. The van der Waals surface area contributed by atoms with Crippen LogP contribution in [-0.4, -0.2) is 34.9 Å². The van der Waals surface area contributed by atoms with Crippen molar-refractivity contribution in [2.75, 3.05) is 0 Å². The molecule has 5 nitrogen and oxygen atoms in total. The van der Waals surface area contributed by atoms with E-state index in [1.165, 1.54) is 26.7 Å². The molecule has 0 bridgehead atoms. The van der Waals surface area contributed by atoms with Crippen molar-refractivity contribution in [2.45, 2.75) is 110 Å². The Balaban J connectivity index is 1.54. The van der Waals surface area contributed by atoms with Crippen LogP contribution in [-0.2, 0) is 19.1 Å². The van der Waals surface area contributed by atoms with E-state index in [-0.39, 0.29) is 23.5 Å². The SMILES string of the molecule is CC(=O)O[C@@H]1CC[C@@]2(C)[C@H](CC[C@@H]3[C@H]2CC[C@@]2(C)[C@@H]3CC[C@@]2(O)[C@@H](C)OC(C)=O)C1. The molecule has 0 unspecified atom stereocenters. The van der Waals surface area contributed by atoms with Gasteiger partial charge in [0.2, 0.25) is 0 Å². The maximum atomic E-state index is 11.7. The van der Waals surface area contributed by atoms with Gasteiger partial charge in [0.25, 0.3) is 0 Å². The molecule has 0 radical (unpaired) electrons. The normalized spacial score (nSPS) is 48.7. The number of rotatable bonds is 3. The van der Waals surface area contributed by atoms with E-state index in [4.69, 9.17) is 9.47 Å². The monoisotopic (exact) mass is 420 g/mol. The lowest BCUT2D eigenvalue weighted by Crippen LogP contribution is -2.60. The van der Waals surface area contributed by atoms with Crippen LogP contribution in [0.5, 0.6) is 0 Å². The Morgan fingerprint density at radius 1 is 0.933 bits per heavy atom. The Hall–Kier alpha value is -1.10. The molecule has 0 aromatic heterocycles. The van der Waals surface area contributed by atoms with Crippen LogP contribution in [0.3, 0.4) is 0 Å². The summed E-state index contributed by atoms with van der Waals surface area (Å²) in [6, 6.07) is 0. The van der Waals surface area contributed by atoms with Gasteiger partial charge in [0.05, 0.1) is 0 Å². The molecule has 0 aromatic rings. The summed E-state index contributed by atoms with van der Waals surface area (Å²) in [5.74, 6) is 1.96. The molecule has 1 N–H and O–H groups in total. The first kappa shape index (κ1) is 22.1. The molecule has 4 aliphatic carbocycles. The number of esters is 2. The highest BCUT2D eigenvalue weighted by Crippen LogP contribution is 2.68. The Bertz CT molecular complexity index is 706. The third-order valence-corrected chi connectivity index (χ3v) is 10.2. The van der Waals surface area contributed by atoms with E-state index in [1.807, 2.05) is 6.92 Å². The van der Waals surface area contributed by atoms with Gasteiger partial charge in [0, 0.05) is 19.3 Å². The van der Waals surface area contributed by atoms with Gasteiger partial charge in [-0.05, 0) is 93.8 Å². The molecule has 4 aliphatic rings. The first-order valence-corrected chi connectivity index (χ1v) is 12.1. The van der Waals surface area contributed by atoms with Gasteiger partial charge < -0.3 is 14.6 Å². The van der Waals surface area contributed by atoms with Crippen LogP contribution in [0.1, 0.15) is 92.4 Å². The highest BCUT2D eigenvalue weighted by molar-refractivity contribution is 5.66. The molecular formula is C25H40O5. The van der Waals surface area contributed by atoms with Gasteiger partial charge in [0.15, 0.2) is 0 Å². The second-order valence-electron chi connectivity index (χ2n) is 11.3. The van der Waals surface area contributed by atoms with Gasteiger partial charge in [-0.2, -0.15) is 0 Å². The van der Waals surface area contributed by atoms with Gasteiger partial charge in [-0.15, -0.1) is 0 Å². The summed E-state index contributed by atoms with van der Waals surface area (Å²) in [7, 11) is 0. The number of fused-ring (bicyclic) bond motifs is 5. The average molecular weight is 421 g/mol. The molecule has 4 rings (SSSR count). The maximum absolute atomic E-state index is 11.7. The highest BCUT2D eigenvalue weighted by Gasteiger charge is 2.66. The molecule has 5 heteroatoms. The summed E-state index contributed by atoms with van der Waals surface area (Å²) in [6.45, 7) is 9.57. The van der Waals surface area contributed by atoms with Crippen LogP contribution < -0.4 is 0 Å². The van der Waals surface area contributed by atoms with Crippen LogP contribution in [0, 0.1) is 34.5 Å². The maximum Gasteiger partial charge on any atom is 0.302 e. The minimum absolute atomic E-state index is 0.0899. The van der Waals surface area contributed by atoms with Gasteiger partial charge in [-0.3, -0.25) is 9.59 Å². The molecule has 30 heavy (non-hydrogen) atoms. The largest absolute Gasteiger partial charge is 0.463 e. The summed E-state index contributed by atoms with van der Waals surface area (Å²) in [5, 5.41) is 11.7. The molecular weight excluding hydrogens is 380 g/mol. The minimum atomic E-state index is -0.932. The molecule has 0 aliphatic heterocycles. The molecule has 4 saturated carbocycles. The number of ether oxygens (including phenoxy) is 2. The van der Waals surface area contributed by atoms with Crippen molar-refractivity contribution in [1.29, 1.82) is 0 Å². The molecule has 0 saturated heterocycles. The minimum Gasteiger partial charge on any atom is -0.463 e. The predicted octanol–water partition coefficient (Wildman–Crippen LogP) is 4.64. The lowest BCUT2D eigenvalue weighted by atomic mass is 9.44. The summed E-state index contributed by atoms with van der Waals surface area (Å²) < 4.78 is 11.1. The third-order valence-electron chi connectivity index (χ3n) is 10.2. The zero-order valence-corrected chi connectivity index (χ0v) is 19.4. The summed E-state index contributed by atoms with van der Waals surface area (Å²) >= 11 is 0. The Morgan fingerprint density at radius 3 is 2.30 bits per heavy atom. The lowest BCUT2D eigenvalue weighted by Gasteiger charge is -2.62. The van der Waals surface area contributed by atoms with Crippen molar-refractivity contribution in [3.8, 4) is 0 Å². The number of hydrogen-bond donors (Lipinski definition) is 1. The number of carbonyl (C=O) groups excluding carboxylic acids is 2.